The predicted octanol–water partition coefficient (Wildman–Crippen LogP) is 7.50. The molecule has 2 bridgehead atoms. The highest BCUT2D eigenvalue weighted by Gasteiger charge is 2.53. The summed E-state index contributed by atoms with van der Waals surface area (Å²) in [6.45, 7) is 17.1. The molecule has 4 aliphatic heterocycles. The number of anilines is 3. The van der Waals surface area contributed by atoms with Crippen molar-refractivity contribution in [2.24, 2.45) is 35.5 Å². The number of amides is 1. The van der Waals surface area contributed by atoms with E-state index in [0.717, 1.165) is 11.1 Å². The molecular formula is C69H102N8O15. The molecule has 6 heterocycles. The molecule has 92 heavy (non-hydrogen) atoms. The van der Waals surface area contributed by atoms with Gasteiger partial charge >= 0.3 is 11.9 Å². The van der Waals surface area contributed by atoms with Crippen LogP contribution in [-0.2, 0) is 63.6 Å². The zero-order valence-corrected chi connectivity index (χ0v) is 56.2. The number of nitrogens with two attached hydrogens (primary N) is 1. The maximum atomic E-state index is 14.9. The maximum Gasteiger partial charge on any atom is 0.329 e. The van der Waals surface area contributed by atoms with E-state index in [4.69, 9.17) is 38.9 Å². The van der Waals surface area contributed by atoms with Crippen LogP contribution in [0.1, 0.15) is 155 Å². The number of aliphatic hydroxyl groups excluding tert-OH is 1. The molecule has 508 valence electrons. The van der Waals surface area contributed by atoms with Crippen LogP contribution in [0, 0.1) is 35.5 Å². The quantitative estimate of drug-likeness (QED) is 0.0713. The minimum Gasteiger partial charge on any atom is -0.460 e. The number of aryl methyl sites for hydroxylation is 1. The van der Waals surface area contributed by atoms with Crippen molar-refractivity contribution in [3.05, 3.63) is 77.3 Å². The molecule has 7 rings (SSSR count). The minimum absolute atomic E-state index is 0.0159. The molecule has 5 aliphatic rings. The van der Waals surface area contributed by atoms with E-state index in [2.05, 4.69) is 24.8 Å². The van der Waals surface area contributed by atoms with E-state index in [1.54, 1.807) is 47.6 Å². The molecule has 2 aromatic rings. The third-order valence-electron chi connectivity index (χ3n) is 19.5. The van der Waals surface area contributed by atoms with Crippen LogP contribution in [0.25, 0.3) is 0 Å². The van der Waals surface area contributed by atoms with Gasteiger partial charge in [0.25, 0.3) is 11.7 Å². The molecule has 0 spiro atoms. The second-order valence-corrected chi connectivity index (χ2v) is 26.4. The number of cyclic esters (lactones) is 1. The molecule has 23 heteroatoms. The number of nitrogens with zero attached hydrogens (tertiary/aromatic N) is 7. The van der Waals surface area contributed by atoms with Crippen molar-refractivity contribution in [3.8, 4) is 0 Å². The number of carbonyl (C=O) groups is 6. The van der Waals surface area contributed by atoms with Crippen LogP contribution in [0.15, 0.2) is 66.2 Å². The molecule has 1 amide bonds. The van der Waals surface area contributed by atoms with E-state index in [-0.39, 0.29) is 72.8 Å². The van der Waals surface area contributed by atoms with Gasteiger partial charge in [-0.1, -0.05) is 71.1 Å². The van der Waals surface area contributed by atoms with Crippen molar-refractivity contribution in [1.29, 1.82) is 0 Å². The third kappa shape index (κ3) is 19.0. The Balaban J connectivity index is 1.04. The molecule has 0 aromatic carbocycles. The lowest BCUT2D eigenvalue weighted by Crippen LogP contribution is -2.61. The van der Waals surface area contributed by atoms with Gasteiger partial charge in [0.1, 0.15) is 36.3 Å². The second-order valence-electron chi connectivity index (χ2n) is 26.4. The molecule has 2 aromatic heterocycles. The van der Waals surface area contributed by atoms with E-state index in [0.29, 0.717) is 120 Å². The van der Waals surface area contributed by atoms with Crippen LogP contribution >= 0.6 is 0 Å². The van der Waals surface area contributed by atoms with E-state index >= 15 is 0 Å². The van der Waals surface area contributed by atoms with Crippen LogP contribution in [0.5, 0.6) is 0 Å². The molecular weight excluding hydrogens is 1180 g/mol. The first-order valence-corrected chi connectivity index (χ1v) is 33.0. The normalized spacial score (nSPS) is 33.7. The SMILES string of the molecule is CO[C@H]1C[C@@H]2CC[C@@H](C)[C@@](O)(O2)C(=O)C(=O)N2CCCC[C@H]2C(=O)O[C@H]([C@H](C)C[C@@H]2CC[C@@H](OC(=O)CCc3cnc(N4CCN(c5ncc(C(C)=O)c(N)n5)CC4)nc3)[C@H](OC)C2)C[C@@H](OC)[C@H](C)/C=C(\C)[C@@H](O)[C@@H](OC)C(=O)[C@H](C)C[C@H](C)/C=C/C=C/C=C/1C. The van der Waals surface area contributed by atoms with Gasteiger partial charge in [-0.05, 0) is 126 Å². The highest BCUT2D eigenvalue weighted by molar-refractivity contribution is 6.39. The zero-order valence-electron chi connectivity index (χ0n) is 56.2. The maximum absolute atomic E-state index is 14.9. The van der Waals surface area contributed by atoms with E-state index < -0.39 is 90.2 Å². The summed E-state index contributed by atoms with van der Waals surface area (Å²) < 4.78 is 42.7. The smallest absolute Gasteiger partial charge is 0.329 e. The van der Waals surface area contributed by atoms with Gasteiger partial charge in [-0.2, -0.15) is 4.98 Å². The number of carbonyl (C=O) groups excluding carboxylic acids is 6. The van der Waals surface area contributed by atoms with Gasteiger partial charge in [0, 0.05) is 117 Å². The van der Waals surface area contributed by atoms with Crippen molar-refractivity contribution < 1.29 is 72.1 Å². The largest absolute Gasteiger partial charge is 0.460 e. The Kier molecular flexibility index (Phi) is 27.2. The monoisotopic (exact) mass is 1280 g/mol. The predicted molar refractivity (Wildman–Crippen MR) is 346 cm³/mol. The second kappa shape index (κ2) is 34.2. The molecule has 4 fully saturated rings. The number of aliphatic hydroxyl groups is 2. The number of hydrogen-bond acceptors (Lipinski definition) is 22. The number of ether oxygens (including phenoxy) is 7. The summed E-state index contributed by atoms with van der Waals surface area (Å²) in [5, 5.41) is 23.9. The number of hydrogen-bond donors (Lipinski definition) is 3. The van der Waals surface area contributed by atoms with E-state index in [1.165, 1.54) is 25.1 Å². The lowest BCUT2D eigenvalue weighted by atomic mass is 9.78. The van der Waals surface area contributed by atoms with Gasteiger partial charge in [-0.25, -0.2) is 19.7 Å². The van der Waals surface area contributed by atoms with Crippen molar-refractivity contribution in [2.75, 3.05) is 76.7 Å². The first-order chi connectivity index (χ1) is 43.9. The van der Waals surface area contributed by atoms with Crippen LogP contribution in [0.2, 0.25) is 0 Å². The number of rotatable bonds is 14. The summed E-state index contributed by atoms with van der Waals surface area (Å²) in [6, 6.07) is -1.13. The number of fused-ring (bicyclic) bond motifs is 3. The van der Waals surface area contributed by atoms with Gasteiger partial charge in [-0.3, -0.25) is 24.0 Å². The van der Waals surface area contributed by atoms with Gasteiger partial charge in [0.2, 0.25) is 17.7 Å². The van der Waals surface area contributed by atoms with Crippen LogP contribution in [0.4, 0.5) is 17.7 Å². The number of allylic oxidation sites excluding steroid dienone is 5. The summed E-state index contributed by atoms with van der Waals surface area (Å²) in [7, 11) is 6.18. The lowest BCUT2D eigenvalue weighted by Gasteiger charge is -2.43. The number of piperidine rings is 1. The van der Waals surface area contributed by atoms with E-state index in [1.807, 2.05) is 76.0 Å². The molecule has 0 radical (unpaired) electrons. The lowest BCUT2D eigenvalue weighted by molar-refractivity contribution is -0.265. The number of Topliss-reactive ketones (excluding diaryl/α,β-unsaturated/α-hetero) is 3. The Morgan fingerprint density at radius 2 is 1.46 bits per heavy atom. The van der Waals surface area contributed by atoms with Crippen molar-refractivity contribution in [3.63, 3.8) is 0 Å². The highest BCUT2D eigenvalue weighted by Crippen LogP contribution is 2.39. The molecule has 3 saturated heterocycles. The number of esters is 2. The summed E-state index contributed by atoms with van der Waals surface area (Å²) in [5.74, 6) is -6.63. The summed E-state index contributed by atoms with van der Waals surface area (Å²) in [4.78, 5) is 106. The Morgan fingerprint density at radius 3 is 2.11 bits per heavy atom. The Labute approximate surface area is 543 Å². The number of aromatic nitrogens is 4. The topological polar surface area (TPSA) is 295 Å². The average molecular weight is 1280 g/mol. The van der Waals surface area contributed by atoms with Gasteiger partial charge < -0.3 is 63.8 Å². The molecule has 16 atom stereocenters. The van der Waals surface area contributed by atoms with Crippen molar-refractivity contribution in [2.45, 2.75) is 206 Å². The Hall–Kier alpha value is -6.34. The number of nitrogen functional groups attached to an aromatic ring is 1. The minimum atomic E-state index is -2.45. The number of piperazine rings is 1. The van der Waals surface area contributed by atoms with Crippen LogP contribution in [-0.4, -0.2) is 192 Å². The van der Waals surface area contributed by atoms with E-state index in [9.17, 15) is 39.0 Å². The first kappa shape index (κ1) is 73.1. The third-order valence-corrected chi connectivity index (χ3v) is 19.5. The number of ketones is 3. The molecule has 23 nitrogen and oxygen atoms in total. The van der Waals surface area contributed by atoms with Crippen molar-refractivity contribution >= 4 is 52.9 Å². The molecule has 4 N–H and O–H groups in total. The summed E-state index contributed by atoms with van der Waals surface area (Å²) in [5.41, 5.74) is 8.47. The first-order valence-electron chi connectivity index (χ1n) is 33.0. The Bertz CT molecular complexity index is 2950. The average Bonchev–Trinajstić information content (AvgIpc) is 0.784. The van der Waals surface area contributed by atoms with Gasteiger partial charge in [0.15, 0.2) is 11.6 Å². The fourth-order valence-corrected chi connectivity index (χ4v) is 13.7. The van der Waals surface area contributed by atoms with Crippen LogP contribution in [0.3, 0.4) is 0 Å². The summed E-state index contributed by atoms with van der Waals surface area (Å²) in [6.07, 6.45) is 16.8. The standard InChI is InChI=1S/C69H102N8O15/c1-41-18-14-13-15-19-42(2)55(86-9)36-51-24-21-47(7)69(85,92-51)63(82)65(83)77-27-17-16-20-53(77)66(84)91-57(37-56(87-10)43(3)33-46(6)61(81)62(89-12)60(80)45(5)32-41)44(4)34-49-22-25-54(58(35-49)88-11)90-59(79)26-23-50-38-71-67(72-39-50)75-28-30-76(31-29-75)68-73-40-52(48(8)78)64(70)74-68/h13-15,18-19,33,38-41,43-45,47,49,51,53-58,61-62,81,85H,16-17,20-32,34-37H2,1-12H3,(H2,70,73,74)/b15-13+,18-14+,42-19+,46-33+/t41-,43-,44-,45-,47-,49+,51+,53+,54-,55+,56-,57+,58-,61-,62+,69-/m1/s1. The van der Waals surface area contributed by atoms with Crippen molar-refractivity contribution in [1.82, 2.24) is 24.8 Å². The van der Waals surface area contributed by atoms with Crippen LogP contribution < -0.4 is 15.5 Å². The fourth-order valence-electron chi connectivity index (χ4n) is 13.7. The molecule has 0 unspecified atom stereocenters. The number of methoxy groups -OCH3 is 4. The fraction of sp³-hybridized carbons (Fsp3) is 0.681. The molecule has 1 aliphatic carbocycles. The highest BCUT2D eigenvalue weighted by atomic mass is 16.6. The molecule has 1 saturated carbocycles. The van der Waals surface area contributed by atoms with Gasteiger partial charge in [-0.15, -0.1) is 0 Å². The van der Waals surface area contributed by atoms with Gasteiger partial charge in [0.05, 0.1) is 30.0 Å². The summed E-state index contributed by atoms with van der Waals surface area (Å²) >= 11 is 0. The zero-order chi connectivity index (χ0) is 67.0. The Morgan fingerprint density at radius 1 is 0.772 bits per heavy atom.